The summed E-state index contributed by atoms with van der Waals surface area (Å²) in [7, 11) is 0. The normalized spacial score (nSPS) is 10.4. The van der Waals surface area contributed by atoms with E-state index in [1.54, 1.807) is 0 Å². The van der Waals surface area contributed by atoms with Crippen LogP contribution in [0.25, 0.3) is 0 Å². The van der Waals surface area contributed by atoms with E-state index in [0.717, 1.165) is 12.1 Å². The SMILES string of the molecule is Nc1ncc(Br)c(Nc2c(F)cc(Br)cc2F)n1. The van der Waals surface area contributed by atoms with Crippen molar-refractivity contribution in [3.63, 3.8) is 0 Å². The van der Waals surface area contributed by atoms with E-state index in [1.165, 1.54) is 6.20 Å². The Labute approximate surface area is 118 Å². The van der Waals surface area contributed by atoms with Crippen molar-refractivity contribution in [1.29, 1.82) is 0 Å². The molecule has 2 aromatic rings. The summed E-state index contributed by atoms with van der Waals surface area (Å²) in [6.07, 6.45) is 1.39. The minimum absolute atomic E-state index is 0.00127. The number of nitrogens with one attached hydrogen (secondary N) is 1. The Balaban J connectivity index is 2.43. The van der Waals surface area contributed by atoms with Crippen molar-refractivity contribution in [3.05, 3.63) is 38.9 Å². The fraction of sp³-hybridized carbons (Fsp3) is 0. The molecular formula is C10H6Br2F2N4. The molecule has 0 aliphatic heterocycles. The molecule has 4 nitrogen and oxygen atoms in total. The van der Waals surface area contributed by atoms with Crippen molar-refractivity contribution in [2.75, 3.05) is 11.1 Å². The number of nitrogens with two attached hydrogens (primary N) is 1. The van der Waals surface area contributed by atoms with Gasteiger partial charge in [0.05, 0.1) is 4.47 Å². The Hall–Kier alpha value is -1.28. The molecule has 0 fully saturated rings. The molecule has 0 atom stereocenters. The van der Waals surface area contributed by atoms with Gasteiger partial charge in [0.1, 0.15) is 5.69 Å². The summed E-state index contributed by atoms with van der Waals surface area (Å²) < 4.78 is 28.0. The van der Waals surface area contributed by atoms with Crippen LogP contribution in [0.1, 0.15) is 0 Å². The number of rotatable bonds is 2. The molecule has 94 valence electrons. The maximum atomic E-state index is 13.6. The van der Waals surface area contributed by atoms with Crippen LogP contribution in [0, 0.1) is 11.6 Å². The molecule has 0 aliphatic rings. The Bertz CT molecular complexity index is 583. The number of hydrogen-bond donors (Lipinski definition) is 2. The molecule has 8 heteroatoms. The van der Waals surface area contributed by atoms with Crippen LogP contribution in [-0.2, 0) is 0 Å². The molecule has 0 amide bonds. The fourth-order valence-electron chi connectivity index (χ4n) is 1.25. The van der Waals surface area contributed by atoms with E-state index in [1.807, 2.05) is 0 Å². The van der Waals surface area contributed by atoms with Crippen molar-refractivity contribution >= 4 is 49.3 Å². The van der Waals surface area contributed by atoms with E-state index < -0.39 is 11.6 Å². The second-order valence-electron chi connectivity index (χ2n) is 3.29. The van der Waals surface area contributed by atoms with Crippen LogP contribution >= 0.6 is 31.9 Å². The smallest absolute Gasteiger partial charge is 0.222 e. The van der Waals surface area contributed by atoms with Crippen molar-refractivity contribution in [3.8, 4) is 0 Å². The number of benzene rings is 1. The Morgan fingerprint density at radius 2 is 1.78 bits per heavy atom. The van der Waals surface area contributed by atoms with Gasteiger partial charge in [0.15, 0.2) is 17.5 Å². The van der Waals surface area contributed by atoms with Gasteiger partial charge in [-0.05, 0) is 28.1 Å². The molecule has 0 bridgehead atoms. The first-order valence-electron chi connectivity index (χ1n) is 4.67. The molecule has 0 spiro atoms. The van der Waals surface area contributed by atoms with Gasteiger partial charge in [-0.15, -0.1) is 0 Å². The molecule has 1 aromatic carbocycles. The van der Waals surface area contributed by atoms with Crippen molar-refractivity contribution < 1.29 is 8.78 Å². The highest BCUT2D eigenvalue weighted by atomic mass is 79.9. The average Bonchev–Trinajstić information content (AvgIpc) is 2.28. The first-order chi connectivity index (χ1) is 8.47. The van der Waals surface area contributed by atoms with E-state index in [0.29, 0.717) is 8.95 Å². The summed E-state index contributed by atoms with van der Waals surface area (Å²) in [4.78, 5) is 7.56. The van der Waals surface area contributed by atoms with Gasteiger partial charge in [-0.3, -0.25) is 0 Å². The molecule has 18 heavy (non-hydrogen) atoms. The largest absolute Gasteiger partial charge is 0.368 e. The first kappa shape index (κ1) is 13.2. The maximum Gasteiger partial charge on any atom is 0.222 e. The summed E-state index contributed by atoms with van der Waals surface area (Å²) in [6, 6.07) is 2.29. The van der Waals surface area contributed by atoms with Gasteiger partial charge in [-0.2, -0.15) is 4.98 Å². The number of hydrogen-bond acceptors (Lipinski definition) is 4. The summed E-state index contributed by atoms with van der Waals surface area (Å²) in [5.41, 5.74) is 5.09. The summed E-state index contributed by atoms with van der Waals surface area (Å²) in [5.74, 6) is -1.31. The molecule has 0 saturated carbocycles. The summed E-state index contributed by atoms with van der Waals surface area (Å²) >= 11 is 6.15. The number of nitrogen functional groups attached to an aromatic ring is 1. The number of anilines is 3. The lowest BCUT2D eigenvalue weighted by molar-refractivity contribution is 0.589. The molecular weight excluding hydrogens is 374 g/mol. The van der Waals surface area contributed by atoms with Crippen molar-refractivity contribution in [2.45, 2.75) is 0 Å². The monoisotopic (exact) mass is 378 g/mol. The van der Waals surface area contributed by atoms with Crippen LogP contribution in [-0.4, -0.2) is 9.97 Å². The fourth-order valence-corrected chi connectivity index (χ4v) is 1.94. The zero-order chi connectivity index (χ0) is 13.3. The van der Waals surface area contributed by atoms with E-state index in [9.17, 15) is 8.78 Å². The number of aromatic nitrogens is 2. The van der Waals surface area contributed by atoms with E-state index in [2.05, 4.69) is 47.1 Å². The number of halogens is 4. The lowest BCUT2D eigenvalue weighted by Gasteiger charge is -2.10. The van der Waals surface area contributed by atoms with Crippen molar-refractivity contribution in [2.24, 2.45) is 0 Å². The van der Waals surface area contributed by atoms with Crippen LogP contribution in [0.5, 0.6) is 0 Å². The lowest BCUT2D eigenvalue weighted by Crippen LogP contribution is -2.03. The van der Waals surface area contributed by atoms with Gasteiger partial charge < -0.3 is 11.1 Å². The second kappa shape index (κ2) is 5.15. The summed E-state index contributed by atoms with van der Waals surface area (Å²) in [6.45, 7) is 0. The van der Waals surface area contributed by atoms with E-state index >= 15 is 0 Å². The molecule has 1 aromatic heterocycles. The standard InChI is InChI=1S/C10H6Br2F2N4/c11-4-1-6(13)8(7(14)2-4)17-9-5(12)3-16-10(15)18-9/h1-3H,(H3,15,16,17,18). The third kappa shape index (κ3) is 2.75. The van der Waals surface area contributed by atoms with Crippen molar-refractivity contribution in [1.82, 2.24) is 9.97 Å². The molecule has 0 radical (unpaired) electrons. The molecule has 0 saturated heterocycles. The third-order valence-electron chi connectivity index (χ3n) is 2.01. The highest BCUT2D eigenvalue weighted by molar-refractivity contribution is 9.10. The van der Waals surface area contributed by atoms with E-state index in [4.69, 9.17) is 5.73 Å². The zero-order valence-electron chi connectivity index (χ0n) is 8.72. The lowest BCUT2D eigenvalue weighted by atomic mass is 10.3. The topological polar surface area (TPSA) is 63.8 Å². The third-order valence-corrected chi connectivity index (χ3v) is 3.05. The predicted octanol–water partition coefficient (Wildman–Crippen LogP) is 3.61. The predicted molar refractivity (Wildman–Crippen MR) is 71.5 cm³/mol. The second-order valence-corrected chi connectivity index (χ2v) is 5.06. The van der Waals surface area contributed by atoms with E-state index in [-0.39, 0.29) is 17.5 Å². The quantitative estimate of drug-likeness (QED) is 0.836. The molecule has 1 heterocycles. The van der Waals surface area contributed by atoms with Gasteiger partial charge in [0, 0.05) is 10.7 Å². The molecule has 3 N–H and O–H groups in total. The van der Waals surface area contributed by atoms with Crippen LogP contribution < -0.4 is 11.1 Å². The average molecular weight is 380 g/mol. The molecule has 0 aliphatic carbocycles. The number of nitrogens with zero attached hydrogens (tertiary/aromatic N) is 2. The maximum absolute atomic E-state index is 13.6. The Morgan fingerprint density at radius 1 is 1.17 bits per heavy atom. The first-order valence-corrected chi connectivity index (χ1v) is 6.25. The Kier molecular flexibility index (Phi) is 3.76. The minimum Gasteiger partial charge on any atom is -0.368 e. The van der Waals surface area contributed by atoms with Crippen LogP contribution in [0.15, 0.2) is 27.3 Å². The highest BCUT2D eigenvalue weighted by Gasteiger charge is 2.13. The summed E-state index contributed by atoms with van der Waals surface area (Å²) in [5, 5.41) is 2.53. The molecule has 2 rings (SSSR count). The van der Waals surface area contributed by atoms with Gasteiger partial charge in [-0.25, -0.2) is 13.8 Å². The van der Waals surface area contributed by atoms with Crippen LogP contribution in [0.4, 0.5) is 26.2 Å². The van der Waals surface area contributed by atoms with Gasteiger partial charge in [-0.1, -0.05) is 15.9 Å². The van der Waals surface area contributed by atoms with Gasteiger partial charge in [0.2, 0.25) is 5.95 Å². The van der Waals surface area contributed by atoms with Crippen LogP contribution in [0.2, 0.25) is 0 Å². The highest BCUT2D eigenvalue weighted by Crippen LogP contribution is 2.29. The minimum atomic E-state index is -0.744. The Morgan fingerprint density at radius 3 is 2.39 bits per heavy atom. The van der Waals surface area contributed by atoms with Gasteiger partial charge >= 0.3 is 0 Å². The van der Waals surface area contributed by atoms with Gasteiger partial charge in [0.25, 0.3) is 0 Å². The molecule has 0 unspecified atom stereocenters. The zero-order valence-corrected chi connectivity index (χ0v) is 11.9. The van der Waals surface area contributed by atoms with Crippen LogP contribution in [0.3, 0.4) is 0 Å².